The number of carbonyl (C=O) groups is 2. The van der Waals surface area contributed by atoms with E-state index < -0.39 is 0 Å². The first-order chi connectivity index (χ1) is 9.56. The maximum atomic E-state index is 12.3. The summed E-state index contributed by atoms with van der Waals surface area (Å²) in [6, 6.07) is 0.0810. The van der Waals surface area contributed by atoms with E-state index in [1.807, 2.05) is 9.80 Å². The zero-order valence-electron chi connectivity index (χ0n) is 12.3. The highest BCUT2D eigenvalue weighted by Gasteiger charge is 2.24. The first-order valence-electron chi connectivity index (χ1n) is 7.05. The SMILES string of the molecule is C=CCN(CC=C)CC(=O)N1CCC[C@@H](NC(C)=O)C1. The van der Waals surface area contributed by atoms with Gasteiger partial charge in [-0.15, -0.1) is 13.2 Å². The van der Waals surface area contributed by atoms with Crippen LogP contribution in [0.4, 0.5) is 0 Å². The molecule has 1 heterocycles. The molecule has 1 aliphatic heterocycles. The number of piperidine rings is 1. The second-order valence-electron chi connectivity index (χ2n) is 5.15. The summed E-state index contributed by atoms with van der Waals surface area (Å²) < 4.78 is 0. The Hall–Kier alpha value is -1.62. The fourth-order valence-corrected chi connectivity index (χ4v) is 2.47. The molecule has 1 fully saturated rings. The van der Waals surface area contributed by atoms with Crippen molar-refractivity contribution in [2.45, 2.75) is 25.8 Å². The fourth-order valence-electron chi connectivity index (χ4n) is 2.47. The Bertz CT molecular complexity index is 358. The summed E-state index contributed by atoms with van der Waals surface area (Å²) in [6.07, 6.45) is 5.44. The first-order valence-corrected chi connectivity index (χ1v) is 7.05. The van der Waals surface area contributed by atoms with Crippen molar-refractivity contribution in [3.8, 4) is 0 Å². The Morgan fingerprint density at radius 1 is 1.35 bits per heavy atom. The van der Waals surface area contributed by atoms with Crippen LogP contribution in [0.1, 0.15) is 19.8 Å². The van der Waals surface area contributed by atoms with E-state index in [4.69, 9.17) is 0 Å². The summed E-state index contributed by atoms with van der Waals surface area (Å²) in [6.45, 7) is 12.0. The van der Waals surface area contributed by atoms with Crippen LogP contribution in [-0.4, -0.2) is 60.4 Å². The highest BCUT2D eigenvalue weighted by atomic mass is 16.2. The number of nitrogens with one attached hydrogen (secondary N) is 1. The van der Waals surface area contributed by atoms with Crippen molar-refractivity contribution in [3.05, 3.63) is 25.3 Å². The number of hydrogen-bond acceptors (Lipinski definition) is 3. The third-order valence-electron chi connectivity index (χ3n) is 3.31. The minimum Gasteiger partial charge on any atom is -0.352 e. The lowest BCUT2D eigenvalue weighted by atomic mass is 10.1. The van der Waals surface area contributed by atoms with Crippen molar-refractivity contribution < 1.29 is 9.59 Å². The third kappa shape index (κ3) is 5.57. The van der Waals surface area contributed by atoms with E-state index in [9.17, 15) is 9.59 Å². The van der Waals surface area contributed by atoms with Crippen molar-refractivity contribution in [3.63, 3.8) is 0 Å². The Balaban J connectivity index is 2.50. The number of carbonyl (C=O) groups excluding carboxylic acids is 2. The topological polar surface area (TPSA) is 52.7 Å². The molecule has 0 spiro atoms. The molecule has 0 bridgehead atoms. The summed E-state index contributed by atoms with van der Waals surface area (Å²) in [5.41, 5.74) is 0. The van der Waals surface area contributed by atoms with Crippen LogP contribution < -0.4 is 5.32 Å². The van der Waals surface area contributed by atoms with Gasteiger partial charge in [-0.25, -0.2) is 0 Å². The molecule has 2 amide bonds. The van der Waals surface area contributed by atoms with Crippen molar-refractivity contribution in [1.82, 2.24) is 15.1 Å². The molecule has 1 saturated heterocycles. The average Bonchev–Trinajstić information content (AvgIpc) is 2.38. The van der Waals surface area contributed by atoms with E-state index in [1.165, 1.54) is 6.92 Å². The van der Waals surface area contributed by atoms with E-state index in [-0.39, 0.29) is 17.9 Å². The number of likely N-dealkylation sites (tertiary alicyclic amines) is 1. The van der Waals surface area contributed by atoms with Crippen LogP contribution in [0.5, 0.6) is 0 Å². The van der Waals surface area contributed by atoms with Crippen LogP contribution in [0.25, 0.3) is 0 Å². The molecular formula is C15H25N3O2. The van der Waals surface area contributed by atoms with Crippen LogP contribution in [0, 0.1) is 0 Å². The number of amides is 2. The zero-order valence-corrected chi connectivity index (χ0v) is 12.3. The number of nitrogens with zero attached hydrogens (tertiary/aromatic N) is 2. The molecule has 5 nitrogen and oxygen atoms in total. The molecule has 0 radical (unpaired) electrons. The lowest BCUT2D eigenvalue weighted by molar-refractivity contribution is -0.134. The monoisotopic (exact) mass is 279 g/mol. The van der Waals surface area contributed by atoms with Crippen molar-refractivity contribution in [2.75, 3.05) is 32.7 Å². The van der Waals surface area contributed by atoms with Gasteiger partial charge in [0.2, 0.25) is 11.8 Å². The van der Waals surface area contributed by atoms with E-state index in [0.717, 1.165) is 19.4 Å². The van der Waals surface area contributed by atoms with Gasteiger partial charge >= 0.3 is 0 Å². The van der Waals surface area contributed by atoms with Crippen LogP contribution in [-0.2, 0) is 9.59 Å². The van der Waals surface area contributed by atoms with E-state index in [1.54, 1.807) is 12.2 Å². The largest absolute Gasteiger partial charge is 0.352 e. The molecule has 0 aromatic rings. The van der Waals surface area contributed by atoms with Gasteiger partial charge in [0.15, 0.2) is 0 Å². The average molecular weight is 279 g/mol. The van der Waals surface area contributed by atoms with E-state index in [0.29, 0.717) is 26.2 Å². The Morgan fingerprint density at radius 2 is 2.00 bits per heavy atom. The molecule has 20 heavy (non-hydrogen) atoms. The van der Waals surface area contributed by atoms with Gasteiger partial charge in [-0.1, -0.05) is 12.2 Å². The van der Waals surface area contributed by atoms with Gasteiger partial charge in [-0.2, -0.15) is 0 Å². The molecule has 0 unspecified atom stereocenters. The van der Waals surface area contributed by atoms with Gasteiger partial charge in [0, 0.05) is 39.1 Å². The van der Waals surface area contributed by atoms with E-state index in [2.05, 4.69) is 18.5 Å². The highest BCUT2D eigenvalue weighted by Crippen LogP contribution is 2.10. The van der Waals surface area contributed by atoms with Gasteiger partial charge in [-0.05, 0) is 12.8 Å². The van der Waals surface area contributed by atoms with Crippen molar-refractivity contribution in [2.24, 2.45) is 0 Å². The normalized spacial score (nSPS) is 18.7. The number of rotatable bonds is 7. The number of hydrogen-bond donors (Lipinski definition) is 1. The molecule has 0 aliphatic carbocycles. The smallest absolute Gasteiger partial charge is 0.236 e. The van der Waals surface area contributed by atoms with Crippen molar-refractivity contribution in [1.29, 1.82) is 0 Å². The second kappa shape index (κ2) is 8.53. The molecular weight excluding hydrogens is 254 g/mol. The first kappa shape index (κ1) is 16.4. The fraction of sp³-hybridized carbons (Fsp3) is 0.600. The maximum Gasteiger partial charge on any atom is 0.236 e. The Morgan fingerprint density at radius 3 is 2.55 bits per heavy atom. The van der Waals surface area contributed by atoms with Gasteiger partial charge in [0.25, 0.3) is 0 Å². The zero-order chi connectivity index (χ0) is 15.0. The minimum absolute atomic E-state index is 0.0377. The predicted molar refractivity (Wildman–Crippen MR) is 80.3 cm³/mol. The summed E-state index contributed by atoms with van der Waals surface area (Å²) in [7, 11) is 0. The molecule has 1 aliphatic rings. The minimum atomic E-state index is -0.0377. The van der Waals surface area contributed by atoms with Crippen molar-refractivity contribution >= 4 is 11.8 Å². The standard InChI is InChI=1S/C15H25N3O2/c1-4-8-17(9-5-2)12-15(20)18-10-6-7-14(11-18)16-13(3)19/h4-5,14H,1-2,6-12H2,3H3,(H,16,19)/t14-/m1/s1. The van der Waals surface area contributed by atoms with Crippen LogP contribution in [0.15, 0.2) is 25.3 Å². The molecule has 0 saturated carbocycles. The summed E-state index contributed by atoms with van der Waals surface area (Å²) in [5, 5.41) is 2.89. The summed E-state index contributed by atoms with van der Waals surface area (Å²) >= 11 is 0. The molecule has 1 N–H and O–H groups in total. The maximum absolute atomic E-state index is 12.3. The quantitative estimate of drug-likeness (QED) is 0.701. The summed E-state index contributed by atoms with van der Waals surface area (Å²) in [5.74, 6) is 0.0630. The highest BCUT2D eigenvalue weighted by molar-refractivity contribution is 5.78. The lowest BCUT2D eigenvalue weighted by Crippen LogP contribution is -2.51. The second-order valence-corrected chi connectivity index (χ2v) is 5.15. The molecule has 5 heteroatoms. The molecule has 0 aromatic carbocycles. The molecule has 112 valence electrons. The van der Waals surface area contributed by atoms with Gasteiger partial charge in [-0.3, -0.25) is 14.5 Å². The Labute approximate surface area is 121 Å². The summed E-state index contributed by atoms with van der Waals surface area (Å²) in [4.78, 5) is 27.2. The molecule has 1 atom stereocenters. The Kier molecular flexibility index (Phi) is 7.01. The lowest BCUT2D eigenvalue weighted by Gasteiger charge is -2.34. The third-order valence-corrected chi connectivity index (χ3v) is 3.31. The predicted octanol–water partition coefficient (Wildman–Crippen LogP) is 0.788. The van der Waals surface area contributed by atoms with Gasteiger partial charge < -0.3 is 10.2 Å². The molecule has 1 rings (SSSR count). The van der Waals surface area contributed by atoms with Crippen LogP contribution in [0.3, 0.4) is 0 Å². The van der Waals surface area contributed by atoms with Gasteiger partial charge in [0.1, 0.15) is 0 Å². The molecule has 0 aromatic heterocycles. The van der Waals surface area contributed by atoms with Crippen LogP contribution >= 0.6 is 0 Å². The van der Waals surface area contributed by atoms with Gasteiger partial charge in [0.05, 0.1) is 6.54 Å². The van der Waals surface area contributed by atoms with E-state index >= 15 is 0 Å². The van der Waals surface area contributed by atoms with Crippen LogP contribution in [0.2, 0.25) is 0 Å².